The molecular weight excluding hydrogens is 316 g/mol. The van der Waals surface area contributed by atoms with Crippen molar-refractivity contribution in [1.82, 2.24) is 4.98 Å². The lowest BCUT2D eigenvalue weighted by Crippen LogP contribution is -2.42. The fourth-order valence-corrected chi connectivity index (χ4v) is 2.92. The molecule has 3 rings (SSSR count). The van der Waals surface area contributed by atoms with Gasteiger partial charge in [-0.05, 0) is 42.7 Å². The quantitative estimate of drug-likeness (QED) is 0.899. The molecule has 0 radical (unpaired) electrons. The van der Waals surface area contributed by atoms with Crippen molar-refractivity contribution in [3.63, 3.8) is 0 Å². The Kier molecular flexibility index (Phi) is 4.05. The molecule has 1 aliphatic carbocycles. The van der Waals surface area contributed by atoms with Crippen molar-refractivity contribution in [2.45, 2.75) is 24.7 Å². The van der Waals surface area contributed by atoms with Gasteiger partial charge < -0.3 is 10.4 Å². The lowest BCUT2D eigenvalue weighted by Gasteiger charge is -2.37. The summed E-state index contributed by atoms with van der Waals surface area (Å²) in [5.41, 5.74) is 0.295. The number of rotatable bonds is 4. The van der Waals surface area contributed by atoms with E-state index in [0.717, 1.165) is 6.42 Å². The van der Waals surface area contributed by atoms with E-state index in [1.807, 2.05) is 0 Å². The van der Waals surface area contributed by atoms with Crippen LogP contribution in [0.2, 0.25) is 5.02 Å². The summed E-state index contributed by atoms with van der Waals surface area (Å²) in [4.78, 5) is 27.8. The molecule has 1 heterocycles. The van der Waals surface area contributed by atoms with Crippen LogP contribution < -0.4 is 5.32 Å². The first kappa shape index (κ1) is 15.5. The smallest absolute Gasteiger partial charge is 0.314 e. The van der Waals surface area contributed by atoms with Crippen molar-refractivity contribution in [1.29, 1.82) is 0 Å². The van der Waals surface area contributed by atoms with Crippen molar-refractivity contribution < 1.29 is 14.7 Å². The van der Waals surface area contributed by atoms with E-state index in [1.165, 1.54) is 6.20 Å². The molecule has 0 atom stereocenters. The number of anilines is 1. The summed E-state index contributed by atoms with van der Waals surface area (Å²) in [5, 5.41) is 12.6. The number of nitrogens with zero attached hydrogens (tertiary/aromatic N) is 1. The first-order valence-electron chi connectivity index (χ1n) is 7.28. The molecule has 118 valence electrons. The van der Waals surface area contributed by atoms with E-state index < -0.39 is 11.4 Å². The lowest BCUT2D eigenvalue weighted by molar-refractivity contribution is -0.147. The van der Waals surface area contributed by atoms with Crippen LogP contribution in [0, 0.1) is 0 Å². The predicted octanol–water partition coefficient (Wildman–Crippen LogP) is 3.49. The second-order valence-electron chi connectivity index (χ2n) is 5.64. The Bertz CT molecular complexity index is 755. The maximum atomic E-state index is 12.1. The number of amides is 1. The van der Waals surface area contributed by atoms with Crippen molar-refractivity contribution in [3.8, 4) is 0 Å². The molecule has 23 heavy (non-hydrogen) atoms. The minimum absolute atomic E-state index is 0.315. The van der Waals surface area contributed by atoms with E-state index in [0.29, 0.717) is 34.8 Å². The molecule has 6 heteroatoms. The van der Waals surface area contributed by atoms with Gasteiger partial charge in [0.25, 0.3) is 5.91 Å². The van der Waals surface area contributed by atoms with E-state index in [1.54, 1.807) is 36.4 Å². The van der Waals surface area contributed by atoms with E-state index in [2.05, 4.69) is 10.3 Å². The highest BCUT2D eigenvalue weighted by Gasteiger charge is 2.46. The molecular formula is C17H15ClN2O3. The fraction of sp³-hybridized carbons (Fsp3) is 0.235. The number of carbonyl (C=O) groups excluding carboxylic acids is 1. The van der Waals surface area contributed by atoms with E-state index >= 15 is 0 Å². The summed E-state index contributed by atoms with van der Waals surface area (Å²) in [6.07, 6.45) is 3.68. The molecule has 1 fully saturated rings. The maximum absolute atomic E-state index is 12.1. The number of carbonyl (C=O) groups is 2. The number of nitrogens with one attached hydrogen (secondary N) is 1. The summed E-state index contributed by atoms with van der Waals surface area (Å²) in [5.74, 6) is -0.760. The van der Waals surface area contributed by atoms with Gasteiger partial charge in [0.1, 0.15) is 5.82 Å². The van der Waals surface area contributed by atoms with E-state index in [4.69, 9.17) is 11.6 Å². The van der Waals surface area contributed by atoms with Crippen LogP contribution in [-0.4, -0.2) is 22.0 Å². The van der Waals surface area contributed by atoms with Gasteiger partial charge in [-0.15, -0.1) is 0 Å². The Labute approximate surface area is 138 Å². The van der Waals surface area contributed by atoms with Crippen LogP contribution >= 0.6 is 11.6 Å². The Morgan fingerprint density at radius 2 is 2.00 bits per heavy atom. The maximum Gasteiger partial charge on any atom is 0.314 e. The third kappa shape index (κ3) is 2.92. The lowest BCUT2D eigenvalue weighted by atomic mass is 9.65. The number of carboxylic acid groups (broad SMARTS) is 1. The largest absolute Gasteiger partial charge is 0.481 e. The van der Waals surface area contributed by atoms with E-state index in [-0.39, 0.29) is 5.91 Å². The van der Waals surface area contributed by atoms with Gasteiger partial charge in [0.2, 0.25) is 0 Å². The zero-order valence-electron chi connectivity index (χ0n) is 12.3. The van der Waals surface area contributed by atoms with Crippen LogP contribution in [0.4, 0.5) is 5.82 Å². The molecule has 1 aliphatic rings. The number of halogens is 1. The number of pyridine rings is 1. The van der Waals surface area contributed by atoms with Crippen LogP contribution in [0.3, 0.4) is 0 Å². The highest BCUT2D eigenvalue weighted by atomic mass is 35.5. The van der Waals surface area contributed by atoms with Crippen molar-refractivity contribution in [3.05, 3.63) is 58.7 Å². The average Bonchev–Trinajstić information content (AvgIpc) is 2.47. The summed E-state index contributed by atoms with van der Waals surface area (Å²) in [6.45, 7) is 0. The van der Waals surface area contributed by atoms with Crippen LogP contribution in [0.15, 0.2) is 42.6 Å². The van der Waals surface area contributed by atoms with Gasteiger partial charge in [0.15, 0.2) is 0 Å². The number of carboxylic acids is 1. The van der Waals surface area contributed by atoms with Gasteiger partial charge in [-0.25, -0.2) is 4.98 Å². The van der Waals surface area contributed by atoms with Gasteiger partial charge in [0.05, 0.1) is 5.41 Å². The Balaban J connectivity index is 1.75. The van der Waals surface area contributed by atoms with Crippen molar-refractivity contribution >= 4 is 29.3 Å². The van der Waals surface area contributed by atoms with Gasteiger partial charge in [0, 0.05) is 16.8 Å². The highest BCUT2D eigenvalue weighted by molar-refractivity contribution is 6.31. The summed E-state index contributed by atoms with van der Waals surface area (Å²) in [7, 11) is 0. The molecule has 5 nitrogen and oxygen atoms in total. The molecule has 0 spiro atoms. The second-order valence-corrected chi connectivity index (χ2v) is 6.07. The van der Waals surface area contributed by atoms with Crippen LogP contribution in [0.1, 0.15) is 35.2 Å². The van der Waals surface area contributed by atoms with Gasteiger partial charge in [-0.2, -0.15) is 0 Å². The molecule has 1 saturated carbocycles. The van der Waals surface area contributed by atoms with Crippen molar-refractivity contribution in [2.24, 2.45) is 0 Å². The van der Waals surface area contributed by atoms with Crippen molar-refractivity contribution in [2.75, 3.05) is 5.32 Å². The SMILES string of the molecule is O=C(Nc1ccc(C2(C(=O)O)CCC2)cn1)c1cccc(Cl)c1. The standard InChI is InChI=1S/C17H15ClN2O3/c18-13-4-1-3-11(9-13)15(21)20-14-6-5-12(10-19-14)17(16(22)23)7-2-8-17/h1,3-6,9-10H,2,7-8H2,(H,22,23)(H,19,20,21). The molecule has 1 aromatic carbocycles. The third-order valence-electron chi connectivity index (χ3n) is 4.26. The Morgan fingerprint density at radius 1 is 1.22 bits per heavy atom. The Hall–Kier alpha value is -2.40. The topological polar surface area (TPSA) is 79.3 Å². The zero-order chi connectivity index (χ0) is 16.4. The highest BCUT2D eigenvalue weighted by Crippen LogP contribution is 2.43. The molecule has 1 amide bonds. The number of aromatic nitrogens is 1. The Morgan fingerprint density at radius 3 is 2.52 bits per heavy atom. The molecule has 0 saturated heterocycles. The van der Waals surface area contributed by atoms with Crippen LogP contribution in [0.25, 0.3) is 0 Å². The number of aliphatic carboxylic acids is 1. The molecule has 2 N–H and O–H groups in total. The minimum atomic E-state index is -0.818. The molecule has 0 aliphatic heterocycles. The average molecular weight is 331 g/mol. The monoisotopic (exact) mass is 330 g/mol. The summed E-state index contributed by atoms with van der Waals surface area (Å²) < 4.78 is 0. The zero-order valence-corrected chi connectivity index (χ0v) is 13.0. The van der Waals surface area contributed by atoms with Crippen LogP contribution in [0.5, 0.6) is 0 Å². The number of hydrogen-bond acceptors (Lipinski definition) is 3. The molecule has 2 aromatic rings. The normalized spacial score (nSPS) is 15.5. The van der Waals surface area contributed by atoms with E-state index in [9.17, 15) is 14.7 Å². The number of benzene rings is 1. The molecule has 1 aromatic heterocycles. The molecule has 0 bridgehead atoms. The first-order chi connectivity index (χ1) is 11.0. The van der Waals surface area contributed by atoms with Gasteiger partial charge >= 0.3 is 5.97 Å². The predicted molar refractivity (Wildman–Crippen MR) is 86.8 cm³/mol. The third-order valence-corrected chi connectivity index (χ3v) is 4.50. The minimum Gasteiger partial charge on any atom is -0.481 e. The van der Waals surface area contributed by atoms with Crippen LogP contribution in [-0.2, 0) is 10.2 Å². The summed E-state index contributed by atoms with van der Waals surface area (Å²) >= 11 is 5.86. The molecule has 0 unspecified atom stereocenters. The first-order valence-corrected chi connectivity index (χ1v) is 7.66. The fourth-order valence-electron chi connectivity index (χ4n) is 2.73. The van der Waals surface area contributed by atoms with Gasteiger partial charge in [-0.3, -0.25) is 9.59 Å². The summed E-state index contributed by atoms with van der Waals surface area (Å²) in [6, 6.07) is 9.95. The number of hydrogen-bond donors (Lipinski definition) is 2. The second kappa shape index (κ2) is 6.01. The van der Waals surface area contributed by atoms with Gasteiger partial charge in [-0.1, -0.05) is 30.2 Å².